The van der Waals surface area contributed by atoms with Gasteiger partial charge < -0.3 is 20.8 Å². The number of carbonyl (C=O) groups is 4. The number of carbonyl (C=O) groups excluding carboxylic acids is 2. The Labute approximate surface area is 257 Å². The fraction of sp³-hybridized carbons (Fsp3) is 0.152. The maximum absolute atomic E-state index is 12.5. The lowest BCUT2D eigenvalue weighted by molar-refractivity contribution is -0.114. The first-order chi connectivity index (χ1) is 20.8. The first-order valence-electron chi connectivity index (χ1n) is 13.3. The van der Waals surface area contributed by atoms with Crippen molar-refractivity contribution in [2.45, 2.75) is 17.9 Å². The number of carboxylic acid groups (broad SMARTS) is 2. The van der Waals surface area contributed by atoms with Crippen molar-refractivity contribution < 1.29 is 29.4 Å². The van der Waals surface area contributed by atoms with Crippen LogP contribution in [-0.2, 0) is 27.5 Å². The molecule has 2 amide bonds. The number of rotatable bonds is 14. The van der Waals surface area contributed by atoms with Crippen LogP contribution in [0.15, 0.2) is 97.1 Å². The van der Waals surface area contributed by atoms with Gasteiger partial charge in [-0.1, -0.05) is 72.8 Å². The lowest BCUT2D eigenvalue weighted by Crippen LogP contribution is -2.17. The summed E-state index contributed by atoms with van der Waals surface area (Å²) < 4.78 is 0. The molecule has 4 N–H and O–H groups in total. The van der Waals surface area contributed by atoms with Crippen molar-refractivity contribution in [1.29, 1.82) is 0 Å². The van der Waals surface area contributed by atoms with Gasteiger partial charge in [-0.15, -0.1) is 23.5 Å². The van der Waals surface area contributed by atoms with Crippen molar-refractivity contribution in [2.24, 2.45) is 0 Å². The molecule has 0 aliphatic heterocycles. The zero-order chi connectivity index (χ0) is 30.6. The molecule has 0 spiro atoms. The van der Waals surface area contributed by atoms with Gasteiger partial charge in [-0.2, -0.15) is 0 Å². The number of carboxylic acids is 2. The third kappa shape index (κ3) is 9.76. The van der Waals surface area contributed by atoms with E-state index in [0.717, 1.165) is 11.1 Å². The highest BCUT2D eigenvalue weighted by Gasteiger charge is 2.17. The molecule has 0 heterocycles. The molecule has 43 heavy (non-hydrogen) atoms. The van der Waals surface area contributed by atoms with Crippen LogP contribution in [0.25, 0.3) is 0 Å². The van der Waals surface area contributed by atoms with E-state index in [9.17, 15) is 29.4 Å². The van der Waals surface area contributed by atoms with Crippen molar-refractivity contribution in [2.75, 3.05) is 22.1 Å². The minimum atomic E-state index is -1.19. The molecule has 0 fully saturated rings. The zero-order valence-electron chi connectivity index (χ0n) is 23.1. The molecule has 10 heteroatoms. The molecule has 0 unspecified atom stereocenters. The number of hydrogen-bond acceptors (Lipinski definition) is 6. The van der Waals surface area contributed by atoms with E-state index in [0.29, 0.717) is 22.6 Å². The molecule has 0 saturated carbocycles. The third-order valence-corrected chi connectivity index (χ3v) is 8.28. The van der Waals surface area contributed by atoms with Crippen LogP contribution in [0.2, 0.25) is 0 Å². The van der Waals surface area contributed by atoms with Crippen LogP contribution in [0.3, 0.4) is 0 Å². The highest BCUT2D eigenvalue weighted by atomic mass is 32.2. The number of anilines is 2. The average Bonchev–Trinajstić information content (AvgIpc) is 2.99. The van der Waals surface area contributed by atoms with Crippen molar-refractivity contribution in [3.8, 4) is 0 Å². The smallest absolute Gasteiger partial charge is 0.337 e. The van der Waals surface area contributed by atoms with Gasteiger partial charge >= 0.3 is 11.9 Å². The van der Waals surface area contributed by atoms with E-state index < -0.39 is 11.9 Å². The van der Waals surface area contributed by atoms with Gasteiger partial charge in [-0.05, 0) is 52.9 Å². The van der Waals surface area contributed by atoms with Gasteiger partial charge in [-0.3, -0.25) is 9.59 Å². The van der Waals surface area contributed by atoms with Crippen LogP contribution < -0.4 is 10.6 Å². The van der Waals surface area contributed by atoms with Gasteiger partial charge in [0, 0.05) is 11.5 Å². The summed E-state index contributed by atoms with van der Waals surface area (Å²) >= 11 is 2.86. The number of benzene rings is 4. The summed E-state index contributed by atoms with van der Waals surface area (Å²) in [6.07, 6.45) is 0.253. The van der Waals surface area contributed by atoms with Crippen molar-refractivity contribution in [3.05, 3.63) is 130 Å². The molecule has 4 aromatic rings. The topological polar surface area (TPSA) is 133 Å². The molecule has 0 saturated heterocycles. The molecule has 0 atom stereocenters. The van der Waals surface area contributed by atoms with Crippen LogP contribution >= 0.6 is 23.5 Å². The summed E-state index contributed by atoms with van der Waals surface area (Å²) in [6, 6.07) is 28.9. The van der Waals surface area contributed by atoms with Crippen LogP contribution in [-0.4, -0.2) is 45.5 Å². The Kier molecular flexibility index (Phi) is 11.4. The maximum Gasteiger partial charge on any atom is 0.337 e. The molecule has 4 aromatic carbocycles. The van der Waals surface area contributed by atoms with Crippen molar-refractivity contribution in [1.82, 2.24) is 0 Å². The van der Waals surface area contributed by atoms with Gasteiger partial charge in [-0.25, -0.2) is 9.59 Å². The minimum Gasteiger partial charge on any atom is -0.478 e. The molecular formula is C33H30N2O6S2. The second kappa shape index (κ2) is 15.6. The Hall–Kier alpha value is -4.54. The molecule has 0 aromatic heterocycles. The second-order valence-electron chi connectivity index (χ2n) is 9.60. The zero-order valence-corrected chi connectivity index (χ0v) is 24.8. The van der Waals surface area contributed by atoms with Gasteiger partial charge in [0.2, 0.25) is 11.8 Å². The Morgan fingerprint density at radius 3 is 1.30 bits per heavy atom. The molecule has 0 aliphatic rings. The number of hydrogen-bond donors (Lipinski definition) is 4. The summed E-state index contributed by atoms with van der Waals surface area (Å²) in [5.74, 6) is -1.34. The molecule has 8 nitrogen and oxygen atoms in total. The highest BCUT2D eigenvalue weighted by Crippen LogP contribution is 2.24. The van der Waals surface area contributed by atoms with E-state index in [1.54, 1.807) is 24.3 Å². The summed E-state index contributed by atoms with van der Waals surface area (Å²) in [6.45, 7) is 0. The van der Waals surface area contributed by atoms with Gasteiger partial charge in [0.1, 0.15) is 0 Å². The van der Waals surface area contributed by atoms with E-state index in [4.69, 9.17) is 0 Å². The SMILES string of the molecule is O=C(CSCc1ccccc1)Nc1ccc(Cc2ccc(NC(=O)CSCc3ccccc3)c(C(=O)O)c2)cc1C(=O)O. The van der Waals surface area contributed by atoms with E-state index in [-0.39, 0.29) is 52.2 Å². The average molecular weight is 615 g/mol. The Bertz CT molecular complexity index is 1480. The minimum absolute atomic E-state index is 0.0609. The third-order valence-electron chi connectivity index (χ3n) is 6.27. The summed E-state index contributed by atoms with van der Waals surface area (Å²) in [4.78, 5) is 48.9. The van der Waals surface area contributed by atoms with Crippen LogP contribution in [0.1, 0.15) is 43.0 Å². The van der Waals surface area contributed by atoms with Crippen LogP contribution in [0.5, 0.6) is 0 Å². The van der Waals surface area contributed by atoms with Gasteiger partial charge in [0.15, 0.2) is 0 Å². The van der Waals surface area contributed by atoms with E-state index in [1.165, 1.54) is 35.7 Å². The fourth-order valence-electron chi connectivity index (χ4n) is 4.25. The summed E-state index contributed by atoms with van der Waals surface area (Å²) in [5.41, 5.74) is 3.69. The maximum atomic E-state index is 12.5. The fourth-order valence-corrected chi connectivity index (χ4v) is 5.83. The predicted molar refractivity (Wildman–Crippen MR) is 172 cm³/mol. The number of amides is 2. The second-order valence-corrected chi connectivity index (χ2v) is 11.6. The van der Waals surface area contributed by atoms with Crippen LogP contribution in [0.4, 0.5) is 11.4 Å². The first kappa shape index (κ1) is 31.4. The normalized spacial score (nSPS) is 10.6. The Balaban J connectivity index is 1.37. The Morgan fingerprint density at radius 2 is 0.930 bits per heavy atom. The highest BCUT2D eigenvalue weighted by molar-refractivity contribution is 7.99. The lowest BCUT2D eigenvalue weighted by atomic mass is 9.99. The number of aromatic carboxylic acids is 2. The first-order valence-corrected chi connectivity index (χ1v) is 15.6. The van der Waals surface area contributed by atoms with Crippen molar-refractivity contribution in [3.63, 3.8) is 0 Å². The summed E-state index contributed by atoms with van der Waals surface area (Å²) in [5, 5.41) is 24.9. The number of nitrogens with one attached hydrogen (secondary N) is 2. The quantitative estimate of drug-likeness (QED) is 0.128. The van der Waals surface area contributed by atoms with Crippen molar-refractivity contribution >= 4 is 58.7 Å². The molecular weight excluding hydrogens is 585 g/mol. The lowest BCUT2D eigenvalue weighted by Gasteiger charge is -2.13. The van der Waals surface area contributed by atoms with E-state index in [1.807, 2.05) is 60.7 Å². The monoisotopic (exact) mass is 614 g/mol. The van der Waals surface area contributed by atoms with Gasteiger partial charge in [0.05, 0.1) is 34.0 Å². The van der Waals surface area contributed by atoms with Gasteiger partial charge in [0.25, 0.3) is 0 Å². The molecule has 4 rings (SSSR count). The van der Waals surface area contributed by atoms with E-state index in [2.05, 4.69) is 10.6 Å². The largest absolute Gasteiger partial charge is 0.478 e. The predicted octanol–water partition coefficient (Wildman–Crippen LogP) is 6.42. The summed E-state index contributed by atoms with van der Waals surface area (Å²) in [7, 11) is 0. The molecule has 0 radical (unpaired) electrons. The Morgan fingerprint density at radius 1 is 0.535 bits per heavy atom. The number of thioether (sulfide) groups is 2. The van der Waals surface area contributed by atoms with Crippen LogP contribution in [0, 0.1) is 0 Å². The molecule has 220 valence electrons. The molecule has 0 bridgehead atoms. The standard InChI is InChI=1S/C33H30N2O6S2/c36-30(20-42-18-22-7-3-1-4-8-22)34-28-13-11-24(16-26(28)32(38)39)15-25-12-14-29(27(17-25)33(40)41)35-31(37)21-43-19-23-9-5-2-6-10-23/h1-14,16-17H,15,18-21H2,(H,34,36)(H,35,37)(H,38,39)(H,40,41). The van der Waals surface area contributed by atoms with E-state index >= 15 is 0 Å². The molecule has 0 aliphatic carbocycles.